The van der Waals surface area contributed by atoms with Gasteiger partial charge in [0.2, 0.25) is 0 Å². The van der Waals surface area contributed by atoms with Crippen molar-refractivity contribution in [3.63, 3.8) is 0 Å². The van der Waals surface area contributed by atoms with Crippen LogP contribution in [0.25, 0.3) is 0 Å². The molecule has 9 heteroatoms. The number of ether oxygens (including phenoxy) is 1. The Bertz CT molecular complexity index is 686. The van der Waals surface area contributed by atoms with E-state index < -0.39 is 12.4 Å². The molecule has 0 bridgehead atoms. The van der Waals surface area contributed by atoms with Crippen LogP contribution in [-0.2, 0) is 0 Å². The molecule has 122 valence electrons. The van der Waals surface area contributed by atoms with Gasteiger partial charge in [0.25, 0.3) is 0 Å². The van der Waals surface area contributed by atoms with Crippen LogP contribution in [0.2, 0.25) is 10.0 Å². The molecule has 2 amide bonds. The predicted octanol–water partition coefficient (Wildman–Crippen LogP) is 5.54. The monoisotopic (exact) mass is 364 g/mol. The number of alkyl halides is 3. The lowest BCUT2D eigenvalue weighted by atomic mass is 10.3. The molecule has 2 aromatic carbocycles. The van der Waals surface area contributed by atoms with Crippen molar-refractivity contribution in [2.75, 3.05) is 10.6 Å². The third-order valence-electron chi connectivity index (χ3n) is 2.47. The minimum atomic E-state index is -4.77. The summed E-state index contributed by atoms with van der Waals surface area (Å²) < 4.78 is 39.8. The van der Waals surface area contributed by atoms with Crippen LogP contribution in [0.3, 0.4) is 0 Å². The number of carbonyl (C=O) groups excluding carboxylic acids is 1. The topological polar surface area (TPSA) is 50.4 Å². The van der Waals surface area contributed by atoms with E-state index in [-0.39, 0.29) is 11.4 Å². The minimum absolute atomic E-state index is 0.283. The van der Waals surface area contributed by atoms with Gasteiger partial charge in [-0.25, -0.2) is 4.79 Å². The van der Waals surface area contributed by atoms with Crippen LogP contribution in [0.15, 0.2) is 42.5 Å². The van der Waals surface area contributed by atoms with E-state index in [0.717, 1.165) is 12.1 Å². The van der Waals surface area contributed by atoms with Gasteiger partial charge in [-0.3, -0.25) is 0 Å². The smallest absolute Gasteiger partial charge is 0.406 e. The van der Waals surface area contributed by atoms with Crippen molar-refractivity contribution >= 4 is 40.6 Å². The van der Waals surface area contributed by atoms with Gasteiger partial charge in [-0.1, -0.05) is 23.2 Å². The Kier molecular flexibility index (Phi) is 5.23. The van der Waals surface area contributed by atoms with Gasteiger partial charge in [0.1, 0.15) is 5.75 Å². The Morgan fingerprint density at radius 2 is 1.43 bits per heavy atom. The molecule has 0 fully saturated rings. The molecule has 23 heavy (non-hydrogen) atoms. The van der Waals surface area contributed by atoms with E-state index in [1.54, 1.807) is 0 Å². The number of carbonyl (C=O) groups is 1. The highest BCUT2D eigenvalue weighted by atomic mass is 35.5. The summed E-state index contributed by atoms with van der Waals surface area (Å²) in [5.41, 5.74) is 0.655. The quantitative estimate of drug-likeness (QED) is 0.751. The molecule has 2 rings (SSSR count). The molecule has 0 saturated carbocycles. The zero-order chi connectivity index (χ0) is 17.0. The number of nitrogens with one attached hydrogen (secondary N) is 2. The molecule has 0 aromatic heterocycles. The predicted molar refractivity (Wildman–Crippen MR) is 82.2 cm³/mol. The first-order valence-corrected chi connectivity index (χ1v) is 6.87. The maximum atomic E-state index is 12.0. The Hall–Kier alpha value is -2.12. The lowest BCUT2D eigenvalue weighted by Gasteiger charge is -2.11. The van der Waals surface area contributed by atoms with Crippen molar-refractivity contribution < 1.29 is 22.7 Å². The first kappa shape index (κ1) is 17.2. The number of urea groups is 1. The molecular weight excluding hydrogens is 356 g/mol. The summed E-state index contributed by atoms with van der Waals surface area (Å²) in [6.07, 6.45) is -4.77. The summed E-state index contributed by atoms with van der Waals surface area (Å²) in [6, 6.07) is 8.59. The van der Waals surface area contributed by atoms with Gasteiger partial charge in [0.15, 0.2) is 0 Å². The Labute approximate surface area is 139 Å². The molecule has 0 atom stereocenters. The second-order valence-electron chi connectivity index (χ2n) is 4.31. The molecule has 0 heterocycles. The number of halogens is 5. The first-order valence-electron chi connectivity index (χ1n) is 6.11. The standard InChI is InChI=1S/C14H9Cl2F3N2O2/c15-8-5-9(16)7-11(6-8)21-13(22)20-10-1-3-12(4-2-10)23-14(17,18)19/h1-7H,(H2,20,21,22). The van der Waals surface area contributed by atoms with E-state index >= 15 is 0 Å². The Morgan fingerprint density at radius 3 is 1.96 bits per heavy atom. The highest BCUT2D eigenvalue weighted by molar-refractivity contribution is 6.35. The van der Waals surface area contributed by atoms with Crippen LogP contribution in [0.4, 0.5) is 29.3 Å². The fourth-order valence-electron chi connectivity index (χ4n) is 1.66. The summed E-state index contributed by atoms with van der Waals surface area (Å²) >= 11 is 11.6. The average molecular weight is 365 g/mol. The van der Waals surface area contributed by atoms with Crippen molar-refractivity contribution in [2.45, 2.75) is 6.36 Å². The van der Waals surface area contributed by atoms with Crippen molar-refractivity contribution in [3.05, 3.63) is 52.5 Å². The molecule has 0 spiro atoms. The molecule has 0 unspecified atom stereocenters. The largest absolute Gasteiger partial charge is 0.573 e. The van der Waals surface area contributed by atoms with Gasteiger partial charge in [0, 0.05) is 21.4 Å². The normalized spacial score (nSPS) is 11.0. The second kappa shape index (κ2) is 6.97. The van der Waals surface area contributed by atoms with Gasteiger partial charge in [0.05, 0.1) is 0 Å². The minimum Gasteiger partial charge on any atom is -0.406 e. The molecule has 0 radical (unpaired) electrons. The molecule has 4 nitrogen and oxygen atoms in total. The second-order valence-corrected chi connectivity index (χ2v) is 5.18. The van der Waals surface area contributed by atoms with Gasteiger partial charge < -0.3 is 15.4 Å². The Morgan fingerprint density at radius 1 is 0.913 bits per heavy atom. The molecule has 2 N–H and O–H groups in total. The van der Waals surface area contributed by atoms with Crippen LogP contribution in [0, 0.1) is 0 Å². The molecule has 0 saturated heterocycles. The van der Waals surface area contributed by atoms with Crippen LogP contribution >= 0.6 is 23.2 Å². The lowest BCUT2D eigenvalue weighted by Crippen LogP contribution is -2.19. The summed E-state index contributed by atoms with van der Waals surface area (Å²) in [4.78, 5) is 11.8. The van der Waals surface area contributed by atoms with Gasteiger partial charge in [-0.2, -0.15) is 0 Å². The summed E-state index contributed by atoms with van der Waals surface area (Å²) in [6.45, 7) is 0. The van der Waals surface area contributed by atoms with Crippen molar-refractivity contribution in [3.8, 4) is 5.75 Å². The third-order valence-corrected chi connectivity index (χ3v) is 2.90. The Balaban J connectivity index is 1.97. The average Bonchev–Trinajstić information content (AvgIpc) is 2.38. The molecular formula is C14H9Cl2F3N2O2. The summed E-state index contributed by atoms with van der Waals surface area (Å²) in [7, 11) is 0. The van der Waals surface area contributed by atoms with Crippen LogP contribution in [0.5, 0.6) is 5.75 Å². The molecule has 0 aliphatic rings. The van der Waals surface area contributed by atoms with Crippen molar-refractivity contribution in [1.29, 1.82) is 0 Å². The first-order chi connectivity index (χ1) is 10.7. The number of hydrogen-bond donors (Lipinski definition) is 2. The molecule has 2 aromatic rings. The number of amides is 2. The summed E-state index contributed by atoms with van der Waals surface area (Å²) in [5, 5.41) is 5.64. The zero-order valence-corrected chi connectivity index (χ0v) is 12.8. The van der Waals surface area contributed by atoms with Gasteiger partial charge >= 0.3 is 12.4 Å². The van der Waals surface area contributed by atoms with E-state index in [2.05, 4.69) is 15.4 Å². The van der Waals surface area contributed by atoms with E-state index in [9.17, 15) is 18.0 Å². The van der Waals surface area contributed by atoms with Crippen LogP contribution in [-0.4, -0.2) is 12.4 Å². The van der Waals surface area contributed by atoms with E-state index in [0.29, 0.717) is 15.7 Å². The number of hydrogen-bond acceptors (Lipinski definition) is 2. The SMILES string of the molecule is O=C(Nc1ccc(OC(F)(F)F)cc1)Nc1cc(Cl)cc(Cl)c1. The number of rotatable bonds is 3. The molecule has 0 aliphatic heterocycles. The lowest BCUT2D eigenvalue weighted by molar-refractivity contribution is -0.274. The number of anilines is 2. The van der Waals surface area contributed by atoms with E-state index in [1.165, 1.54) is 30.3 Å². The van der Waals surface area contributed by atoms with Crippen molar-refractivity contribution in [1.82, 2.24) is 0 Å². The fourth-order valence-corrected chi connectivity index (χ4v) is 2.19. The maximum absolute atomic E-state index is 12.0. The van der Waals surface area contributed by atoms with Crippen molar-refractivity contribution in [2.24, 2.45) is 0 Å². The van der Waals surface area contributed by atoms with Gasteiger partial charge in [-0.15, -0.1) is 13.2 Å². The highest BCUT2D eigenvalue weighted by Crippen LogP contribution is 2.25. The van der Waals surface area contributed by atoms with E-state index in [4.69, 9.17) is 23.2 Å². The maximum Gasteiger partial charge on any atom is 0.573 e. The third kappa shape index (κ3) is 5.88. The van der Waals surface area contributed by atoms with E-state index in [1.807, 2.05) is 0 Å². The van der Waals surface area contributed by atoms with Crippen LogP contribution < -0.4 is 15.4 Å². The number of benzene rings is 2. The fraction of sp³-hybridized carbons (Fsp3) is 0.0714. The van der Waals surface area contributed by atoms with Gasteiger partial charge in [-0.05, 0) is 42.5 Å². The van der Waals surface area contributed by atoms with Crippen LogP contribution in [0.1, 0.15) is 0 Å². The highest BCUT2D eigenvalue weighted by Gasteiger charge is 2.30. The zero-order valence-electron chi connectivity index (χ0n) is 11.2. The summed E-state index contributed by atoms with van der Waals surface area (Å²) in [5.74, 6) is -0.384. The molecule has 0 aliphatic carbocycles.